The van der Waals surface area contributed by atoms with Gasteiger partial charge in [-0.2, -0.15) is 13.5 Å². The largest absolute Gasteiger partial charge is 0.481 e. The minimum absolute atomic E-state index is 0.0170. The van der Waals surface area contributed by atoms with Crippen LogP contribution in [0.5, 0.6) is 5.75 Å². The molecule has 0 radical (unpaired) electrons. The van der Waals surface area contributed by atoms with Crippen molar-refractivity contribution in [2.75, 3.05) is 35.8 Å². The number of carboxylic acid groups (broad SMARTS) is 2. The number of terminal acetylenes is 1. The van der Waals surface area contributed by atoms with Crippen molar-refractivity contribution in [3.63, 3.8) is 0 Å². The highest BCUT2D eigenvalue weighted by atomic mass is 35.5. The van der Waals surface area contributed by atoms with Crippen LogP contribution in [-0.2, 0) is 35.0 Å². The summed E-state index contributed by atoms with van der Waals surface area (Å²) in [6.45, 7) is -2.68. The summed E-state index contributed by atoms with van der Waals surface area (Å²) in [5.41, 5.74) is -0.551. The number of fused-ring (bicyclic) bond motifs is 1. The van der Waals surface area contributed by atoms with Crippen molar-refractivity contribution in [3.8, 4) is 23.8 Å². The molecule has 1 aromatic heterocycles. The molecule has 0 saturated heterocycles. The summed E-state index contributed by atoms with van der Waals surface area (Å²) < 4.78 is 70.3. The quantitative estimate of drug-likeness (QED) is 0.0608. The summed E-state index contributed by atoms with van der Waals surface area (Å²) in [4.78, 5) is 88.5. The maximum atomic E-state index is 14.7. The van der Waals surface area contributed by atoms with Gasteiger partial charge in [0, 0.05) is 28.7 Å². The fourth-order valence-corrected chi connectivity index (χ4v) is 6.75. The number of anilines is 2. The molecule has 3 aromatic rings. The lowest BCUT2D eigenvalue weighted by atomic mass is 9.93. The first-order valence-corrected chi connectivity index (χ1v) is 19.8. The van der Waals surface area contributed by atoms with Gasteiger partial charge in [0.2, 0.25) is 0 Å². The number of benzene rings is 2. The molecule has 0 saturated carbocycles. The number of aliphatic carboxylic acids is 2. The Morgan fingerprint density at radius 3 is 2.12 bits per heavy atom. The molecule has 0 spiro atoms. The van der Waals surface area contributed by atoms with Crippen molar-refractivity contribution in [3.05, 3.63) is 73.9 Å². The fraction of sp³-hybridized carbons (Fsp3) is 0.343. The van der Waals surface area contributed by atoms with E-state index >= 15 is 0 Å². The van der Waals surface area contributed by atoms with Crippen molar-refractivity contribution in [1.29, 1.82) is 0 Å². The zero-order valence-corrected chi connectivity index (χ0v) is 33.3. The number of carboxylic acids is 2. The van der Waals surface area contributed by atoms with Gasteiger partial charge in [-0.3, -0.25) is 38.8 Å². The normalized spacial score (nSPS) is 15.3. The van der Waals surface area contributed by atoms with Gasteiger partial charge >= 0.3 is 31.8 Å². The Labute approximate surface area is 346 Å². The number of amides is 3. The molecule has 0 fully saturated rings. The van der Waals surface area contributed by atoms with E-state index in [2.05, 4.69) is 16.3 Å². The van der Waals surface area contributed by atoms with Crippen LogP contribution < -0.4 is 25.5 Å². The summed E-state index contributed by atoms with van der Waals surface area (Å²) in [5.74, 6) is -3.34. The number of aromatic nitrogens is 3. The standard InChI is InChI=1S/C19H15FN2O4.C13H10Cl2F3N3O3.C3H8NO5P/c1-2-7-21-15-9-14(13(20)8-16(15)26-10-17(21)23)22-18(24)11-5-3-4-6-12(11)19(22)25;1-5-19-21(13(24)20(5)12(17)18)10-3-6(2-8(15)11(22)23)7(14)4-9(10)16;5-3(6)1-4-2-10(7,8)9/h1,8-9H,3-7,10H2;3-4,8,12H,2H2,1H3,(H,22,23);4H,1-2H2,(H,5,6)(H2,7,8,9). The molecule has 2 aliphatic heterocycles. The number of carbonyl (C=O) groups excluding carboxylic acids is 3. The Morgan fingerprint density at radius 1 is 1.00 bits per heavy atom. The number of hydrogen-bond acceptors (Lipinski definition) is 10. The van der Waals surface area contributed by atoms with E-state index < -0.39 is 79.1 Å². The molecule has 3 heterocycles. The number of rotatable bonds is 11. The number of hydrogen-bond donors (Lipinski definition) is 5. The van der Waals surface area contributed by atoms with E-state index in [1.165, 1.54) is 11.0 Å². The summed E-state index contributed by atoms with van der Waals surface area (Å²) in [7, 11) is -4.10. The van der Waals surface area contributed by atoms with Crippen molar-refractivity contribution < 1.29 is 70.8 Å². The van der Waals surface area contributed by atoms with E-state index in [0.29, 0.717) is 28.7 Å². The Hall–Kier alpha value is -5.56. The lowest BCUT2D eigenvalue weighted by Crippen LogP contribution is -2.39. The smallest absolute Gasteiger partial charge is 0.355 e. The number of aryl methyl sites for hydroxylation is 1. The minimum Gasteiger partial charge on any atom is -0.481 e. The third kappa shape index (κ3) is 11.0. The highest BCUT2D eigenvalue weighted by molar-refractivity contribution is 7.51. The first-order valence-electron chi connectivity index (χ1n) is 17.2. The van der Waals surface area contributed by atoms with Crippen LogP contribution >= 0.6 is 30.8 Å². The molecule has 2 aromatic carbocycles. The van der Waals surface area contributed by atoms with Crippen LogP contribution in [0, 0.1) is 30.9 Å². The lowest BCUT2D eigenvalue weighted by Gasteiger charge is -2.29. The zero-order valence-electron chi connectivity index (χ0n) is 30.9. The van der Waals surface area contributed by atoms with Crippen LogP contribution in [0.2, 0.25) is 5.02 Å². The van der Waals surface area contributed by atoms with Gasteiger partial charge in [-0.1, -0.05) is 17.5 Å². The molecular formula is C35H33Cl2F4N6O12P. The third-order valence-corrected chi connectivity index (χ3v) is 9.96. The van der Waals surface area contributed by atoms with Crippen molar-refractivity contribution in [2.45, 2.75) is 51.0 Å². The van der Waals surface area contributed by atoms with E-state index in [-0.39, 0.29) is 63.6 Å². The lowest BCUT2D eigenvalue weighted by molar-refractivity contribution is -0.137. The topological polar surface area (TPSA) is 251 Å². The molecule has 60 heavy (non-hydrogen) atoms. The molecule has 3 amide bonds. The Bertz CT molecular complexity index is 2390. The molecule has 322 valence electrons. The maximum absolute atomic E-state index is 14.7. The molecule has 1 aliphatic carbocycles. The molecule has 6 rings (SSSR count). The van der Waals surface area contributed by atoms with Gasteiger partial charge in [0.15, 0.2) is 18.2 Å². The number of halogens is 6. The second-order valence-corrected chi connectivity index (χ2v) is 15.4. The summed E-state index contributed by atoms with van der Waals surface area (Å²) >= 11 is 11.5. The number of alkyl halides is 3. The maximum Gasteiger partial charge on any atom is 0.355 e. The van der Waals surface area contributed by atoms with Crippen molar-refractivity contribution in [1.82, 2.24) is 19.7 Å². The van der Waals surface area contributed by atoms with E-state index in [1.807, 2.05) is 0 Å². The zero-order chi connectivity index (χ0) is 44.8. The highest BCUT2D eigenvalue weighted by Crippen LogP contribution is 2.42. The number of carbonyl (C=O) groups is 5. The highest BCUT2D eigenvalue weighted by Gasteiger charge is 2.42. The summed E-state index contributed by atoms with van der Waals surface area (Å²) in [6.07, 6.45) is 7.16. The van der Waals surface area contributed by atoms with Gasteiger partial charge in [0.25, 0.3) is 17.7 Å². The first-order chi connectivity index (χ1) is 28.1. The average molecular weight is 908 g/mol. The predicted molar refractivity (Wildman–Crippen MR) is 203 cm³/mol. The SMILES string of the molecule is C#CCN1C(=O)COc2cc(F)c(N3C(=O)C4=C(CCCC4)C3=O)cc21.Cc1nn(-c2cc(CC(Cl)C(=O)O)c(Cl)cc2F)c(=O)n1C(F)F.O=C(O)CNCP(=O)(O)O. The van der Waals surface area contributed by atoms with Gasteiger partial charge < -0.3 is 24.7 Å². The van der Waals surface area contributed by atoms with Crippen LogP contribution in [-0.4, -0.2) is 95.4 Å². The summed E-state index contributed by atoms with van der Waals surface area (Å²) in [5, 5.41) is 21.0. The Kier molecular flexibility index (Phi) is 15.4. The van der Waals surface area contributed by atoms with Gasteiger partial charge in [0.05, 0.1) is 30.8 Å². The number of ether oxygens (including phenoxy) is 1. The van der Waals surface area contributed by atoms with E-state index in [4.69, 9.17) is 54.4 Å². The summed E-state index contributed by atoms with van der Waals surface area (Å²) in [6, 6.07) is 4.26. The molecule has 0 bridgehead atoms. The van der Waals surface area contributed by atoms with E-state index in [9.17, 15) is 50.9 Å². The molecular weight excluding hydrogens is 874 g/mol. The molecule has 18 nitrogen and oxygen atoms in total. The Balaban J connectivity index is 0.000000218. The van der Waals surface area contributed by atoms with Crippen molar-refractivity contribution >= 4 is 71.8 Å². The molecule has 5 N–H and O–H groups in total. The number of nitrogens with zero attached hydrogens (tertiary/aromatic N) is 5. The van der Waals surface area contributed by atoms with Gasteiger partial charge in [-0.05, 0) is 56.4 Å². The third-order valence-electron chi connectivity index (χ3n) is 8.63. The Morgan fingerprint density at radius 2 is 1.60 bits per heavy atom. The molecule has 25 heteroatoms. The van der Waals surface area contributed by atoms with E-state index in [0.717, 1.165) is 42.9 Å². The monoisotopic (exact) mass is 906 g/mol. The number of nitrogens with one attached hydrogen (secondary N) is 1. The minimum atomic E-state index is -4.10. The predicted octanol–water partition coefficient (Wildman–Crippen LogP) is 3.49. The van der Waals surface area contributed by atoms with Crippen LogP contribution in [0.3, 0.4) is 0 Å². The number of imide groups is 1. The van der Waals surface area contributed by atoms with Crippen molar-refractivity contribution in [2.24, 2.45) is 0 Å². The molecule has 3 aliphatic rings. The molecule has 1 atom stereocenters. The second-order valence-electron chi connectivity index (χ2n) is 12.8. The fourth-order valence-electron chi connectivity index (χ4n) is 5.95. The van der Waals surface area contributed by atoms with Crippen LogP contribution in [0.25, 0.3) is 5.69 Å². The van der Waals surface area contributed by atoms with Gasteiger partial charge in [-0.25, -0.2) is 23.0 Å². The van der Waals surface area contributed by atoms with Crippen LogP contribution in [0.4, 0.5) is 28.9 Å². The van der Waals surface area contributed by atoms with Gasteiger partial charge in [0.1, 0.15) is 22.6 Å². The van der Waals surface area contributed by atoms with Crippen LogP contribution in [0.15, 0.2) is 40.2 Å². The average Bonchev–Trinajstić information content (AvgIpc) is 3.60. The first kappa shape index (κ1) is 47.1. The molecule has 1 unspecified atom stereocenters. The van der Waals surface area contributed by atoms with E-state index in [1.54, 1.807) is 0 Å². The van der Waals surface area contributed by atoms with Crippen LogP contribution in [0.1, 0.15) is 43.6 Å². The van der Waals surface area contributed by atoms with Gasteiger partial charge in [-0.15, -0.1) is 23.1 Å². The second kappa shape index (κ2) is 19.7.